The molecule has 104 valence electrons. The Morgan fingerprint density at radius 2 is 2.20 bits per heavy atom. The van der Waals surface area contributed by atoms with E-state index in [2.05, 4.69) is 15.5 Å². The van der Waals surface area contributed by atoms with Crippen LogP contribution < -0.4 is 5.32 Å². The molecule has 0 saturated heterocycles. The number of nitrogens with zero attached hydrogens (tertiary/aromatic N) is 4. The van der Waals surface area contributed by atoms with Crippen molar-refractivity contribution in [2.24, 2.45) is 0 Å². The van der Waals surface area contributed by atoms with E-state index in [1.165, 1.54) is 0 Å². The highest BCUT2D eigenvalue weighted by molar-refractivity contribution is 5.99. The van der Waals surface area contributed by atoms with Crippen LogP contribution in [0.4, 0.5) is 5.69 Å². The van der Waals surface area contributed by atoms with Crippen molar-refractivity contribution in [1.29, 1.82) is 0 Å². The van der Waals surface area contributed by atoms with E-state index < -0.39 is 0 Å². The van der Waals surface area contributed by atoms with Gasteiger partial charge in [0.15, 0.2) is 5.82 Å². The van der Waals surface area contributed by atoms with E-state index in [1.807, 2.05) is 41.6 Å². The Morgan fingerprint density at radius 3 is 3.00 bits per heavy atom. The Balaban J connectivity index is 1.88. The Kier molecular flexibility index (Phi) is 3.14. The minimum Gasteiger partial charge on any atom is -0.387 e. The Morgan fingerprint density at radius 1 is 1.35 bits per heavy atom. The summed E-state index contributed by atoms with van der Waals surface area (Å²) in [7, 11) is 1.83. The molecule has 0 bridgehead atoms. The zero-order chi connectivity index (χ0) is 14.1. The van der Waals surface area contributed by atoms with Gasteiger partial charge in [-0.05, 0) is 19.1 Å². The van der Waals surface area contributed by atoms with Gasteiger partial charge in [-0.1, -0.05) is 11.6 Å². The van der Waals surface area contributed by atoms with Gasteiger partial charge in [0.1, 0.15) is 6.33 Å². The number of nitrogens with one attached hydrogen (secondary N) is 1. The van der Waals surface area contributed by atoms with Gasteiger partial charge in [0.2, 0.25) is 0 Å². The number of hydrogen-bond donors (Lipinski definition) is 1. The van der Waals surface area contributed by atoms with Crippen LogP contribution in [-0.4, -0.2) is 39.2 Å². The fourth-order valence-electron chi connectivity index (χ4n) is 2.46. The summed E-state index contributed by atoms with van der Waals surface area (Å²) in [6.45, 7) is 3.93. The molecule has 6 heteroatoms. The minimum absolute atomic E-state index is 0.0345. The molecule has 3 rings (SSSR count). The molecule has 20 heavy (non-hydrogen) atoms. The number of rotatable bonds is 2. The van der Waals surface area contributed by atoms with Crippen molar-refractivity contribution >= 4 is 11.6 Å². The summed E-state index contributed by atoms with van der Waals surface area (Å²) in [6.07, 6.45) is 1.71. The number of anilines is 1. The van der Waals surface area contributed by atoms with Crippen molar-refractivity contribution in [2.45, 2.75) is 20.0 Å². The third-order valence-corrected chi connectivity index (χ3v) is 3.60. The van der Waals surface area contributed by atoms with Gasteiger partial charge in [-0.25, -0.2) is 0 Å². The second kappa shape index (κ2) is 4.96. The first-order valence-corrected chi connectivity index (χ1v) is 6.63. The van der Waals surface area contributed by atoms with Crippen LogP contribution >= 0.6 is 0 Å². The lowest BCUT2D eigenvalue weighted by Gasteiger charge is -2.27. The van der Waals surface area contributed by atoms with Gasteiger partial charge in [0.05, 0.1) is 12.1 Å². The monoisotopic (exact) mass is 271 g/mol. The van der Waals surface area contributed by atoms with E-state index in [1.54, 1.807) is 6.33 Å². The molecule has 1 aliphatic rings. The molecular formula is C14H17N5O. The van der Waals surface area contributed by atoms with Crippen LogP contribution in [0.5, 0.6) is 0 Å². The highest BCUT2D eigenvalue weighted by Gasteiger charge is 2.24. The van der Waals surface area contributed by atoms with Gasteiger partial charge in [-0.3, -0.25) is 4.79 Å². The molecule has 6 nitrogen and oxygen atoms in total. The molecule has 0 radical (unpaired) electrons. The molecule has 0 spiro atoms. The predicted octanol–water partition coefficient (Wildman–Crippen LogP) is 1.28. The van der Waals surface area contributed by atoms with Gasteiger partial charge in [-0.15, -0.1) is 10.2 Å². The molecule has 1 aliphatic heterocycles. The zero-order valence-corrected chi connectivity index (χ0v) is 11.6. The van der Waals surface area contributed by atoms with E-state index in [-0.39, 0.29) is 5.91 Å². The number of benzene rings is 1. The van der Waals surface area contributed by atoms with Crippen molar-refractivity contribution in [1.82, 2.24) is 19.7 Å². The van der Waals surface area contributed by atoms with Crippen LogP contribution in [0.2, 0.25) is 0 Å². The quantitative estimate of drug-likeness (QED) is 0.894. The van der Waals surface area contributed by atoms with E-state index in [0.717, 1.165) is 23.6 Å². The van der Waals surface area contributed by atoms with Gasteiger partial charge >= 0.3 is 0 Å². The average Bonchev–Trinajstić information content (AvgIpc) is 2.93. The number of fused-ring (bicyclic) bond motifs is 1. The van der Waals surface area contributed by atoms with E-state index in [0.29, 0.717) is 18.7 Å². The molecule has 1 N–H and O–H groups in total. The average molecular weight is 271 g/mol. The lowest BCUT2D eigenvalue weighted by molar-refractivity contribution is 0.0708. The first-order valence-electron chi connectivity index (χ1n) is 6.63. The fourth-order valence-corrected chi connectivity index (χ4v) is 2.46. The third kappa shape index (κ3) is 2.13. The minimum atomic E-state index is 0.0345. The maximum Gasteiger partial charge on any atom is 0.256 e. The number of carbonyl (C=O) groups excluding carboxylic acids is 1. The maximum absolute atomic E-state index is 12.7. The lowest BCUT2D eigenvalue weighted by Crippen LogP contribution is -2.38. The standard InChI is InChI=1S/C14H17N5O/c1-10-3-4-12(15-2)11(7-10)14(20)18-5-6-19-9-16-17-13(19)8-18/h3-4,7,9,15H,5-6,8H2,1-2H3. The van der Waals surface area contributed by atoms with Crippen LogP contribution in [0.25, 0.3) is 0 Å². The zero-order valence-electron chi connectivity index (χ0n) is 11.6. The molecule has 2 heterocycles. The first-order chi connectivity index (χ1) is 9.69. The Bertz CT molecular complexity index is 649. The first kappa shape index (κ1) is 12.7. The highest BCUT2D eigenvalue weighted by atomic mass is 16.2. The third-order valence-electron chi connectivity index (χ3n) is 3.60. The summed E-state index contributed by atoms with van der Waals surface area (Å²) in [5.74, 6) is 0.871. The number of amides is 1. The number of aryl methyl sites for hydroxylation is 1. The van der Waals surface area contributed by atoms with Gasteiger partial charge < -0.3 is 14.8 Å². The van der Waals surface area contributed by atoms with Crippen molar-refractivity contribution in [3.63, 3.8) is 0 Å². The van der Waals surface area contributed by atoms with E-state index in [4.69, 9.17) is 0 Å². The topological polar surface area (TPSA) is 63.1 Å². The number of aromatic nitrogens is 3. The summed E-state index contributed by atoms with van der Waals surface area (Å²) in [6, 6.07) is 5.86. The number of hydrogen-bond acceptors (Lipinski definition) is 4. The Hall–Kier alpha value is -2.37. The molecule has 2 aromatic rings. The second-order valence-corrected chi connectivity index (χ2v) is 4.97. The molecule has 1 amide bonds. The van der Waals surface area contributed by atoms with Crippen LogP contribution in [0.1, 0.15) is 21.7 Å². The van der Waals surface area contributed by atoms with Gasteiger partial charge in [-0.2, -0.15) is 0 Å². The largest absolute Gasteiger partial charge is 0.387 e. The normalized spacial score (nSPS) is 14.0. The lowest BCUT2D eigenvalue weighted by atomic mass is 10.1. The molecule has 0 fully saturated rings. The van der Waals surface area contributed by atoms with E-state index in [9.17, 15) is 4.79 Å². The maximum atomic E-state index is 12.7. The van der Waals surface area contributed by atoms with Crippen LogP contribution in [-0.2, 0) is 13.1 Å². The molecule has 0 unspecified atom stereocenters. The predicted molar refractivity (Wildman–Crippen MR) is 75.5 cm³/mol. The van der Waals surface area contributed by atoms with Crippen molar-refractivity contribution in [2.75, 3.05) is 18.9 Å². The summed E-state index contributed by atoms with van der Waals surface area (Å²) in [5.41, 5.74) is 2.64. The summed E-state index contributed by atoms with van der Waals surface area (Å²) >= 11 is 0. The molecule has 1 aromatic carbocycles. The van der Waals surface area contributed by atoms with Crippen molar-refractivity contribution < 1.29 is 4.79 Å². The molecular weight excluding hydrogens is 254 g/mol. The van der Waals surface area contributed by atoms with Crippen molar-refractivity contribution in [3.05, 3.63) is 41.5 Å². The smallest absolute Gasteiger partial charge is 0.256 e. The van der Waals surface area contributed by atoms with E-state index >= 15 is 0 Å². The molecule has 0 aliphatic carbocycles. The summed E-state index contributed by atoms with van der Waals surface area (Å²) in [5, 5.41) is 11.0. The van der Waals surface area contributed by atoms with Crippen LogP contribution in [0, 0.1) is 6.92 Å². The van der Waals surface area contributed by atoms with Gasteiger partial charge in [0.25, 0.3) is 5.91 Å². The molecule has 0 atom stereocenters. The summed E-state index contributed by atoms with van der Waals surface area (Å²) in [4.78, 5) is 14.5. The summed E-state index contributed by atoms with van der Waals surface area (Å²) < 4.78 is 1.99. The molecule has 0 saturated carbocycles. The fraction of sp³-hybridized carbons (Fsp3) is 0.357. The highest BCUT2D eigenvalue weighted by Crippen LogP contribution is 2.21. The van der Waals surface area contributed by atoms with Crippen LogP contribution in [0.15, 0.2) is 24.5 Å². The van der Waals surface area contributed by atoms with Crippen molar-refractivity contribution in [3.8, 4) is 0 Å². The SMILES string of the molecule is CNc1ccc(C)cc1C(=O)N1CCn2cnnc2C1. The van der Waals surface area contributed by atoms with Gasteiger partial charge in [0, 0.05) is 25.8 Å². The number of carbonyl (C=O) groups is 1. The second-order valence-electron chi connectivity index (χ2n) is 4.97. The molecule has 1 aromatic heterocycles. The van der Waals surface area contributed by atoms with Crippen LogP contribution in [0.3, 0.4) is 0 Å². The Labute approximate surface area is 117 Å².